The maximum absolute atomic E-state index is 9.33. The Kier molecular flexibility index (Phi) is 4.00. The molecule has 0 fully saturated rings. The van der Waals surface area contributed by atoms with E-state index in [4.69, 9.17) is 0 Å². The summed E-state index contributed by atoms with van der Waals surface area (Å²) in [7, 11) is 3.89. The van der Waals surface area contributed by atoms with Crippen molar-refractivity contribution in [2.75, 3.05) is 19.0 Å². The predicted octanol–water partition coefficient (Wildman–Crippen LogP) is 3.79. The van der Waals surface area contributed by atoms with E-state index in [2.05, 4.69) is 6.07 Å². The van der Waals surface area contributed by atoms with Gasteiger partial charge in [0, 0.05) is 14.1 Å². The summed E-state index contributed by atoms with van der Waals surface area (Å²) in [6.45, 7) is 0. The zero-order chi connectivity index (χ0) is 13.7. The molecule has 0 saturated heterocycles. The largest absolute Gasteiger partial charge is 0.377 e. The molecule has 19 heavy (non-hydrogen) atoms. The van der Waals surface area contributed by atoms with E-state index in [-0.39, 0.29) is 0 Å². The molecule has 0 N–H and O–H groups in total. The number of hydrogen-bond donors (Lipinski definition) is 0. The highest BCUT2D eigenvalue weighted by molar-refractivity contribution is 5.77. The summed E-state index contributed by atoms with van der Waals surface area (Å²) in [5.74, 6) is 0. The van der Waals surface area contributed by atoms with E-state index in [0.29, 0.717) is 5.56 Å². The van der Waals surface area contributed by atoms with Crippen LogP contribution in [0.4, 0.5) is 5.69 Å². The van der Waals surface area contributed by atoms with Crippen molar-refractivity contribution >= 4 is 17.8 Å². The number of nitrogens with zero attached hydrogens (tertiary/aromatic N) is 2. The van der Waals surface area contributed by atoms with Gasteiger partial charge in [-0.25, -0.2) is 0 Å². The molecule has 2 nitrogen and oxygen atoms in total. The molecule has 2 heteroatoms. The SMILES string of the molecule is CN(C)c1cccc(C=Cc2ccccc2)c1C#N. The Morgan fingerprint density at radius 1 is 0.947 bits per heavy atom. The van der Waals surface area contributed by atoms with Gasteiger partial charge in [-0.2, -0.15) is 5.26 Å². The zero-order valence-corrected chi connectivity index (χ0v) is 11.2. The van der Waals surface area contributed by atoms with Crippen molar-refractivity contribution in [1.29, 1.82) is 5.26 Å². The molecule has 0 unspecified atom stereocenters. The second-order valence-corrected chi connectivity index (χ2v) is 4.49. The third-order valence-corrected chi connectivity index (χ3v) is 2.92. The zero-order valence-electron chi connectivity index (χ0n) is 11.2. The van der Waals surface area contributed by atoms with Gasteiger partial charge in [0.15, 0.2) is 0 Å². The van der Waals surface area contributed by atoms with Crippen molar-refractivity contribution in [3.05, 3.63) is 65.2 Å². The fourth-order valence-corrected chi connectivity index (χ4v) is 1.94. The Hall–Kier alpha value is -2.53. The molecule has 2 rings (SSSR count). The highest BCUT2D eigenvalue weighted by atomic mass is 15.1. The molecule has 0 spiro atoms. The molecular formula is C17H16N2. The van der Waals surface area contributed by atoms with Crippen LogP contribution in [0.25, 0.3) is 12.2 Å². The Morgan fingerprint density at radius 3 is 2.32 bits per heavy atom. The molecule has 0 atom stereocenters. The van der Waals surface area contributed by atoms with Gasteiger partial charge in [0.1, 0.15) is 6.07 Å². The fraction of sp³-hybridized carbons (Fsp3) is 0.118. The monoisotopic (exact) mass is 248 g/mol. The Labute approximate surface area is 114 Å². The van der Waals surface area contributed by atoms with E-state index in [9.17, 15) is 5.26 Å². The molecule has 0 aromatic heterocycles. The Bertz CT molecular complexity index is 619. The second kappa shape index (κ2) is 5.88. The van der Waals surface area contributed by atoms with E-state index in [1.807, 2.05) is 79.7 Å². The van der Waals surface area contributed by atoms with Gasteiger partial charge < -0.3 is 4.90 Å². The van der Waals surface area contributed by atoms with Crippen LogP contribution >= 0.6 is 0 Å². The lowest BCUT2D eigenvalue weighted by atomic mass is 10.0. The maximum atomic E-state index is 9.33. The molecular weight excluding hydrogens is 232 g/mol. The highest BCUT2D eigenvalue weighted by Crippen LogP contribution is 2.23. The standard InChI is InChI=1S/C17H16N2/c1-19(2)17-10-6-9-15(16(17)13-18)12-11-14-7-4-3-5-8-14/h3-12H,1-2H3. The van der Waals surface area contributed by atoms with E-state index in [0.717, 1.165) is 16.8 Å². The van der Waals surface area contributed by atoms with Crippen LogP contribution in [0.15, 0.2) is 48.5 Å². The minimum absolute atomic E-state index is 0.708. The number of benzene rings is 2. The van der Waals surface area contributed by atoms with Gasteiger partial charge >= 0.3 is 0 Å². The molecule has 94 valence electrons. The summed E-state index contributed by atoms with van der Waals surface area (Å²) in [6, 6.07) is 18.3. The molecule has 2 aromatic rings. The number of anilines is 1. The Morgan fingerprint density at radius 2 is 1.68 bits per heavy atom. The van der Waals surface area contributed by atoms with Crippen LogP contribution in [0, 0.1) is 11.3 Å². The van der Waals surface area contributed by atoms with E-state index >= 15 is 0 Å². The molecule has 0 heterocycles. The highest BCUT2D eigenvalue weighted by Gasteiger charge is 2.06. The first-order chi connectivity index (χ1) is 9.22. The number of nitriles is 1. The summed E-state index contributed by atoms with van der Waals surface area (Å²) in [5.41, 5.74) is 3.72. The van der Waals surface area contributed by atoms with Crippen LogP contribution in [-0.2, 0) is 0 Å². The van der Waals surface area contributed by atoms with Crippen LogP contribution < -0.4 is 4.90 Å². The van der Waals surface area contributed by atoms with Crippen LogP contribution in [0.2, 0.25) is 0 Å². The molecule has 0 saturated carbocycles. The third kappa shape index (κ3) is 3.02. The van der Waals surface area contributed by atoms with Gasteiger partial charge in [0.05, 0.1) is 11.3 Å². The first-order valence-electron chi connectivity index (χ1n) is 6.16. The average Bonchev–Trinajstić information content (AvgIpc) is 2.45. The molecule has 0 aliphatic heterocycles. The van der Waals surface area contributed by atoms with Crippen molar-refractivity contribution in [3.63, 3.8) is 0 Å². The first-order valence-corrected chi connectivity index (χ1v) is 6.16. The van der Waals surface area contributed by atoms with Crippen LogP contribution in [0.3, 0.4) is 0 Å². The van der Waals surface area contributed by atoms with Crippen molar-refractivity contribution in [2.24, 2.45) is 0 Å². The van der Waals surface area contributed by atoms with Gasteiger partial charge in [-0.05, 0) is 17.2 Å². The van der Waals surface area contributed by atoms with Crippen molar-refractivity contribution in [2.45, 2.75) is 0 Å². The molecule has 0 bridgehead atoms. The normalized spacial score (nSPS) is 10.4. The van der Waals surface area contributed by atoms with Gasteiger partial charge in [0.2, 0.25) is 0 Å². The number of rotatable bonds is 3. The van der Waals surface area contributed by atoms with Gasteiger partial charge in [-0.3, -0.25) is 0 Å². The minimum atomic E-state index is 0.708. The fourth-order valence-electron chi connectivity index (χ4n) is 1.94. The molecule has 0 amide bonds. The number of hydrogen-bond acceptors (Lipinski definition) is 2. The lowest BCUT2D eigenvalue weighted by Crippen LogP contribution is -2.10. The van der Waals surface area contributed by atoms with Crippen molar-refractivity contribution < 1.29 is 0 Å². The summed E-state index contributed by atoms with van der Waals surface area (Å²) in [4.78, 5) is 1.96. The smallest absolute Gasteiger partial charge is 0.102 e. The summed E-state index contributed by atoms with van der Waals surface area (Å²) in [5, 5.41) is 9.33. The van der Waals surface area contributed by atoms with Gasteiger partial charge in [-0.15, -0.1) is 0 Å². The topological polar surface area (TPSA) is 27.0 Å². The van der Waals surface area contributed by atoms with E-state index < -0.39 is 0 Å². The van der Waals surface area contributed by atoms with Crippen molar-refractivity contribution in [1.82, 2.24) is 0 Å². The molecule has 2 aromatic carbocycles. The lowest BCUT2D eigenvalue weighted by Gasteiger charge is -2.15. The molecule has 0 radical (unpaired) electrons. The van der Waals surface area contributed by atoms with Gasteiger partial charge in [0.25, 0.3) is 0 Å². The minimum Gasteiger partial charge on any atom is -0.377 e. The summed E-state index contributed by atoms with van der Waals surface area (Å²) < 4.78 is 0. The lowest BCUT2D eigenvalue weighted by molar-refractivity contribution is 1.12. The summed E-state index contributed by atoms with van der Waals surface area (Å²) in [6.07, 6.45) is 4.01. The van der Waals surface area contributed by atoms with Gasteiger partial charge in [-0.1, -0.05) is 54.6 Å². The molecule has 0 aliphatic rings. The predicted molar refractivity (Wildman–Crippen MR) is 80.9 cm³/mol. The van der Waals surface area contributed by atoms with Crippen LogP contribution in [0.1, 0.15) is 16.7 Å². The van der Waals surface area contributed by atoms with E-state index in [1.165, 1.54) is 0 Å². The maximum Gasteiger partial charge on any atom is 0.102 e. The Balaban J connectivity index is 2.39. The quantitative estimate of drug-likeness (QED) is 0.773. The second-order valence-electron chi connectivity index (χ2n) is 4.49. The van der Waals surface area contributed by atoms with E-state index in [1.54, 1.807) is 0 Å². The van der Waals surface area contributed by atoms with Crippen LogP contribution in [-0.4, -0.2) is 14.1 Å². The first kappa shape index (κ1) is 12.9. The summed E-state index contributed by atoms with van der Waals surface area (Å²) >= 11 is 0. The van der Waals surface area contributed by atoms with Crippen molar-refractivity contribution in [3.8, 4) is 6.07 Å². The third-order valence-electron chi connectivity index (χ3n) is 2.92. The van der Waals surface area contributed by atoms with Crippen LogP contribution in [0.5, 0.6) is 0 Å². The molecule has 0 aliphatic carbocycles. The average molecular weight is 248 g/mol.